The molecule has 0 spiro atoms. The highest BCUT2D eigenvalue weighted by Crippen LogP contribution is 2.30. The third-order valence-electron chi connectivity index (χ3n) is 3.37. The Labute approximate surface area is 150 Å². The summed E-state index contributed by atoms with van der Waals surface area (Å²) in [6.45, 7) is 6.52. The molecule has 1 atom stereocenters. The van der Waals surface area contributed by atoms with E-state index in [2.05, 4.69) is 15.9 Å². The maximum absolute atomic E-state index is 12.3. The van der Waals surface area contributed by atoms with Crippen molar-refractivity contribution in [3.63, 3.8) is 0 Å². The van der Waals surface area contributed by atoms with E-state index in [0.717, 1.165) is 9.37 Å². The van der Waals surface area contributed by atoms with Gasteiger partial charge in [-0.25, -0.2) is 4.79 Å². The zero-order valence-electron chi connectivity index (χ0n) is 13.7. The number of benzene rings is 1. The minimum Gasteiger partial charge on any atom is -0.444 e. The van der Waals surface area contributed by atoms with Gasteiger partial charge in [0.15, 0.2) is 0 Å². The molecule has 0 aliphatic carbocycles. The zero-order valence-corrected chi connectivity index (χ0v) is 16.1. The van der Waals surface area contributed by atoms with Crippen LogP contribution in [0.25, 0.3) is 0 Å². The molecule has 1 aliphatic rings. The standard InChI is InChI=1S/C17H22BrNO3S/c1-17(2,3)22-16(21)19-9-7-14(20)15(8-10-19)23-13-6-4-5-12(18)11-13/h4-6,11,15H,7-10H2,1-3H3. The molecule has 1 unspecified atom stereocenters. The average Bonchev–Trinajstić information content (AvgIpc) is 2.60. The first-order valence-corrected chi connectivity index (χ1v) is 9.35. The number of halogens is 1. The van der Waals surface area contributed by atoms with Gasteiger partial charge in [0.05, 0.1) is 5.25 Å². The Morgan fingerprint density at radius 3 is 2.74 bits per heavy atom. The van der Waals surface area contributed by atoms with Crippen LogP contribution < -0.4 is 0 Å². The van der Waals surface area contributed by atoms with E-state index in [9.17, 15) is 9.59 Å². The Morgan fingerprint density at radius 2 is 2.09 bits per heavy atom. The van der Waals surface area contributed by atoms with Crippen molar-refractivity contribution >= 4 is 39.6 Å². The average molecular weight is 400 g/mol. The smallest absolute Gasteiger partial charge is 0.410 e. The molecular formula is C17H22BrNO3S. The molecule has 1 saturated heterocycles. The maximum atomic E-state index is 12.3. The van der Waals surface area contributed by atoms with Crippen LogP contribution in [0.1, 0.15) is 33.6 Å². The second kappa shape index (κ2) is 7.71. The number of likely N-dealkylation sites (tertiary alicyclic amines) is 1. The molecule has 126 valence electrons. The van der Waals surface area contributed by atoms with Gasteiger partial charge in [0, 0.05) is 28.9 Å². The lowest BCUT2D eigenvalue weighted by Crippen LogP contribution is -2.37. The molecule has 1 fully saturated rings. The van der Waals surface area contributed by atoms with Gasteiger partial charge in [-0.15, -0.1) is 11.8 Å². The van der Waals surface area contributed by atoms with Gasteiger partial charge in [0.1, 0.15) is 11.4 Å². The van der Waals surface area contributed by atoms with Crippen LogP contribution >= 0.6 is 27.7 Å². The summed E-state index contributed by atoms with van der Waals surface area (Å²) >= 11 is 5.02. The summed E-state index contributed by atoms with van der Waals surface area (Å²) in [6, 6.07) is 7.93. The van der Waals surface area contributed by atoms with Crippen molar-refractivity contribution in [3.05, 3.63) is 28.7 Å². The first kappa shape index (κ1) is 18.3. The monoisotopic (exact) mass is 399 g/mol. The number of nitrogens with zero attached hydrogens (tertiary/aromatic N) is 1. The number of amides is 1. The van der Waals surface area contributed by atoms with Crippen molar-refractivity contribution in [1.29, 1.82) is 0 Å². The number of ketones is 1. The van der Waals surface area contributed by atoms with Crippen LogP contribution in [0.2, 0.25) is 0 Å². The minimum absolute atomic E-state index is 0.114. The summed E-state index contributed by atoms with van der Waals surface area (Å²) in [6.07, 6.45) is 0.693. The predicted molar refractivity (Wildman–Crippen MR) is 95.8 cm³/mol. The number of Topliss-reactive ketones (excluding diaryl/α,β-unsaturated/α-hetero) is 1. The van der Waals surface area contributed by atoms with E-state index < -0.39 is 5.60 Å². The van der Waals surface area contributed by atoms with Crippen molar-refractivity contribution in [2.24, 2.45) is 0 Å². The molecule has 1 amide bonds. The van der Waals surface area contributed by atoms with Gasteiger partial charge in [0.25, 0.3) is 0 Å². The molecule has 23 heavy (non-hydrogen) atoms. The van der Waals surface area contributed by atoms with Gasteiger partial charge in [-0.1, -0.05) is 22.0 Å². The van der Waals surface area contributed by atoms with Crippen molar-refractivity contribution in [2.75, 3.05) is 13.1 Å². The summed E-state index contributed by atoms with van der Waals surface area (Å²) in [5.41, 5.74) is -0.516. The van der Waals surface area contributed by atoms with E-state index in [0.29, 0.717) is 25.9 Å². The molecule has 0 saturated carbocycles. The van der Waals surface area contributed by atoms with Crippen LogP contribution in [0.15, 0.2) is 33.6 Å². The predicted octanol–water partition coefficient (Wildman–Crippen LogP) is 4.51. The van der Waals surface area contributed by atoms with Crippen molar-refractivity contribution in [3.8, 4) is 0 Å². The molecule has 1 aliphatic heterocycles. The Bertz CT molecular complexity index is 585. The van der Waals surface area contributed by atoms with E-state index in [-0.39, 0.29) is 17.1 Å². The van der Waals surface area contributed by atoms with E-state index in [1.165, 1.54) is 0 Å². The van der Waals surface area contributed by atoms with E-state index in [1.54, 1.807) is 16.7 Å². The Morgan fingerprint density at radius 1 is 1.35 bits per heavy atom. The Hall–Kier alpha value is -1.01. The lowest BCUT2D eigenvalue weighted by molar-refractivity contribution is -0.118. The van der Waals surface area contributed by atoms with E-state index in [1.807, 2.05) is 45.0 Å². The van der Waals surface area contributed by atoms with Crippen molar-refractivity contribution in [2.45, 2.75) is 49.4 Å². The molecule has 0 N–H and O–H groups in total. The third-order valence-corrected chi connectivity index (χ3v) is 5.18. The fourth-order valence-electron chi connectivity index (χ4n) is 2.29. The molecular weight excluding hydrogens is 378 g/mol. The minimum atomic E-state index is -0.516. The van der Waals surface area contributed by atoms with Crippen LogP contribution in [0.4, 0.5) is 4.79 Å². The van der Waals surface area contributed by atoms with Crippen LogP contribution in [-0.2, 0) is 9.53 Å². The van der Waals surface area contributed by atoms with Gasteiger partial charge in [0.2, 0.25) is 0 Å². The fourth-order valence-corrected chi connectivity index (χ4v) is 3.99. The molecule has 1 heterocycles. The van der Waals surface area contributed by atoms with Gasteiger partial charge in [-0.2, -0.15) is 0 Å². The first-order valence-electron chi connectivity index (χ1n) is 7.67. The van der Waals surface area contributed by atoms with Gasteiger partial charge in [-0.05, 0) is 45.4 Å². The molecule has 0 radical (unpaired) electrons. The Kier molecular flexibility index (Phi) is 6.14. The molecule has 2 rings (SSSR count). The topological polar surface area (TPSA) is 46.6 Å². The number of carbonyl (C=O) groups is 2. The molecule has 1 aromatic rings. The highest BCUT2D eigenvalue weighted by Gasteiger charge is 2.29. The molecule has 6 heteroatoms. The number of carbonyl (C=O) groups excluding carboxylic acids is 2. The van der Waals surface area contributed by atoms with Crippen molar-refractivity contribution < 1.29 is 14.3 Å². The highest BCUT2D eigenvalue weighted by molar-refractivity contribution is 9.10. The van der Waals surface area contributed by atoms with E-state index >= 15 is 0 Å². The van der Waals surface area contributed by atoms with Crippen LogP contribution in [0, 0.1) is 0 Å². The van der Waals surface area contributed by atoms with Crippen molar-refractivity contribution in [1.82, 2.24) is 4.90 Å². The number of hydrogen-bond donors (Lipinski definition) is 0. The maximum Gasteiger partial charge on any atom is 0.410 e. The van der Waals surface area contributed by atoms with Crippen LogP contribution in [0.5, 0.6) is 0 Å². The van der Waals surface area contributed by atoms with Gasteiger partial charge < -0.3 is 9.64 Å². The number of thioether (sulfide) groups is 1. The second-order valence-corrected chi connectivity index (χ2v) is 8.73. The van der Waals surface area contributed by atoms with Crippen LogP contribution in [-0.4, -0.2) is 40.7 Å². The van der Waals surface area contributed by atoms with E-state index in [4.69, 9.17) is 4.74 Å². The molecule has 1 aromatic carbocycles. The summed E-state index contributed by atoms with van der Waals surface area (Å²) in [7, 11) is 0. The summed E-state index contributed by atoms with van der Waals surface area (Å²) in [4.78, 5) is 27.2. The van der Waals surface area contributed by atoms with Crippen LogP contribution in [0.3, 0.4) is 0 Å². The lowest BCUT2D eigenvalue weighted by atomic mass is 10.2. The summed E-state index contributed by atoms with van der Waals surface area (Å²) in [5, 5.41) is -0.114. The summed E-state index contributed by atoms with van der Waals surface area (Å²) in [5.74, 6) is 0.195. The SMILES string of the molecule is CC(C)(C)OC(=O)N1CCC(=O)C(Sc2cccc(Br)c2)CC1. The van der Waals surface area contributed by atoms with Gasteiger partial charge in [-0.3, -0.25) is 4.79 Å². The highest BCUT2D eigenvalue weighted by atomic mass is 79.9. The largest absolute Gasteiger partial charge is 0.444 e. The molecule has 0 aromatic heterocycles. The fraction of sp³-hybridized carbons (Fsp3) is 0.529. The molecule has 4 nitrogen and oxygen atoms in total. The second-order valence-electron chi connectivity index (χ2n) is 6.54. The Balaban J connectivity index is 1.98. The van der Waals surface area contributed by atoms with Gasteiger partial charge >= 0.3 is 6.09 Å². The third kappa shape index (κ3) is 5.84. The first-order chi connectivity index (χ1) is 10.7. The zero-order chi connectivity index (χ0) is 17.0. The normalized spacial score (nSPS) is 19.4. The number of hydrogen-bond acceptors (Lipinski definition) is 4. The quantitative estimate of drug-likeness (QED) is 0.733. The molecule has 0 bridgehead atoms. The number of rotatable bonds is 2. The lowest BCUT2D eigenvalue weighted by Gasteiger charge is -2.26. The summed E-state index contributed by atoms with van der Waals surface area (Å²) < 4.78 is 6.40. The number of ether oxygens (including phenoxy) is 1.